The van der Waals surface area contributed by atoms with Gasteiger partial charge in [0, 0.05) is 12.1 Å². The van der Waals surface area contributed by atoms with E-state index < -0.39 is 33.2 Å². The van der Waals surface area contributed by atoms with Gasteiger partial charge in [-0.15, -0.1) is 0 Å². The second-order valence-corrected chi connectivity index (χ2v) is 5.74. The van der Waals surface area contributed by atoms with E-state index in [0.29, 0.717) is 12.1 Å². The van der Waals surface area contributed by atoms with Gasteiger partial charge in [0.15, 0.2) is 17.5 Å². The summed E-state index contributed by atoms with van der Waals surface area (Å²) in [5.41, 5.74) is 0.0671. The molecule has 5 nitrogen and oxygen atoms in total. The molecule has 2 rings (SSSR count). The highest BCUT2D eigenvalue weighted by molar-refractivity contribution is 7.92. The number of benzene rings is 1. The molecular weight excluding hydrogens is 295 g/mol. The molecule has 2 N–H and O–H groups in total. The van der Waals surface area contributed by atoms with E-state index in [-0.39, 0.29) is 16.3 Å². The van der Waals surface area contributed by atoms with Crippen LogP contribution in [0.4, 0.5) is 18.9 Å². The number of sulfonamides is 1. The molecule has 0 spiro atoms. The van der Waals surface area contributed by atoms with Crippen LogP contribution in [0.5, 0.6) is 0 Å². The fraction of sp³-hybridized carbons (Fsp3) is 0.182. The summed E-state index contributed by atoms with van der Waals surface area (Å²) in [6.45, 7) is 2.95. The Morgan fingerprint density at radius 1 is 1.15 bits per heavy atom. The van der Waals surface area contributed by atoms with Crippen LogP contribution in [-0.2, 0) is 10.0 Å². The largest absolute Gasteiger partial charge is 0.281 e. The van der Waals surface area contributed by atoms with Gasteiger partial charge in [0.1, 0.15) is 4.90 Å². The SMILES string of the molecule is Cc1n[nH]c(C)c1S(=O)(=O)Nc1cc(F)c(F)c(F)c1. The van der Waals surface area contributed by atoms with Crippen molar-refractivity contribution < 1.29 is 21.6 Å². The third-order valence-corrected chi connectivity index (χ3v) is 4.21. The Bertz CT molecular complexity index is 729. The minimum atomic E-state index is -4.08. The predicted octanol–water partition coefficient (Wildman–Crippen LogP) is 2.24. The normalized spacial score (nSPS) is 11.7. The number of hydrogen-bond donors (Lipinski definition) is 2. The molecule has 0 bridgehead atoms. The van der Waals surface area contributed by atoms with Crippen LogP contribution in [-0.4, -0.2) is 18.6 Å². The maximum absolute atomic E-state index is 13.0. The first-order valence-electron chi connectivity index (χ1n) is 5.41. The van der Waals surface area contributed by atoms with Crippen molar-refractivity contribution in [3.8, 4) is 0 Å². The Hall–Kier alpha value is -2.03. The Morgan fingerprint density at radius 3 is 2.15 bits per heavy atom. The number of nitrogens with zero attached hydrogens (tertiary/aromatic N) is 1. The number of hydrogen-bond acceptors (Lipinski definition) is 3. The summed E-state index contributed by atoms with van der Waals surface area (Å²) in [6.07, 6.45) is 0. The van der Waals surface area contributed by atoms with Gasteiger partial charge in [0.05, 0.1) is 17.1 Å². The fourth-order valence-corrected chi connectivity index (χ4v) is 3.17. The molecule has 20 heavy (non-hydrogen) atoms. The first-order valence-corrected chi connectivity index (χ1v) is 6.89. The smallest absolute Gasteiger partial charge is 0.265 e. The standard InChI is InChI=1S/C11H10F3N3O2S/c1-5-11(6(2)16-15-5)20(18,19)17-7-3-8(12)10(14)9(13)4-7/h3-4,17H,1-2H3,(H,15,16). The van der Waals surface area contributed by atoms with Gasteiger partial charge in [0.25, 0.3) is 10.0 Å². The van der Waals surface area contributed by atoms with Crippen molar-refractivity contribution in [3.63, 3.8) is 0 Å². The molecule has 0 radical (unpaired) electrons. The highest BCUT2D eigenvalue weighted by Crippen LogP contribution is 2.23. The monoisotopic (exact) mass is 305 g/mol. The Kier molecular flexibility index (Phi) is 3.46. The number of H-pyrrole nitrogens is 1. The second-order valence-electron chi connectivity index (χ2n) is 4.12. The molecule has 108 valence electrons. The van der Waals surface area contributed by atoms with Gasteiger partial charge in [-0.05, 0) is 13.8 Å². The molecule has 0 aliphatic carbocycles. The lowest BCUT2D eigenvalue weighted by Crippen LogP contribution is -2.15. The highest BCUT2D eigenvalue weighted by Gasteiger charge is 2.23. The van der Waals surface area contributed by atoms with E-state index in [2.05, 4.69) is 10.2 Å². The van der Waals surface area contributed by atoms with E-state index >= 15 is 0 Å². The summed E-state index contributed by atoms with van der Waals surface area (Å²) in [4.78, 5) is -0.123. The van der Waals surface area contributed by atoms with Crippen LogP contribution >= 0.6 is 0 Å². The number of rotatable bonds is 3. The quantitative estimate of drug-likeness (QED) is 0.854. The van der Waals surface area contributed by atoms with Crippen LogP contribution in [0.15, 0.2) is 17.0 Å². The lowest BCUT2D eigenvalue weighted by molar-refractivity contribution is 0.448. The number of aromatic nitrogens is 2. The zero-order valence-corrected chi connectivity index (χ0v) is 11.3. The van der Waals surface area contributed by atoms with E-state index in [1.807, 2.05) is 4.72 Å². The van der Waals surface area contributed by atoms with Crippen LogP contribution < -0.4 is 4.72 Å². The number of halogens is 3. The van der Waals surface area contributed by atoms with E-state index in [0.717, 1.165) is 0 Å². The third kappa shape index (κ3) is 2.48. The fourth-order valence-electron chi connectivity index (χ4n) is 1.76. The summed E-state index contributed by atoms with van der Waals surface area (Å²) in [5, 5.41) is 6.20. The molecule has 0 saturated heterocycles. The van der Waals surface area contributed by atoms with Gasteiger partial charge in [-0.2, -0.15) is 5.10 Å². The van der Waals surface area contributed by atoms with Crippen LogP contribution in [0.25, 0.3) is 0 Å². The molecule has 1 aromatic heterocycles. The van der Waals surface area contributed by atoms with Crippen molar-refractivity contribution in [2.24, 2.45) is 0 Å². The van der Waals surface area contributed by atoms with Gasteiger partial charge < -0.3 is 0 Å². The zero-order chi connectivity index (χ0) is 15.1. The molecule has 1 aromatic carbocycles. The van der Waals surface area contributed by atoms with E-state index in [1.165, 1.54) is 13.8 Å². The van der Waals surface area contributed by atoms with Crippen LogP contribution in [0.3, 0.4) is 0 Å². The van der Waals surface area contributed by atoms with Gasteiger partial charge in [-0.25, -0.2) is 21.6 Å². The summed E-state index contributed by atoms with van der Waals surface area (Å²) >= 11 is 0. The van der Waals surface area contributed by atoms with Crippen molar-refractivity contribution in [1.29, 1.82) is 0 Å². The Labute approximate surface area is 112 Å². The number of anilines is 1. The van der Waals surface area contributed by atoms with E-state index in [9.17, 15) is 21.6 Å². The minimum Gasteiger partial charge on any atom is -0.281 e. The first-order chi connectivity index (χ1) is 9.22. The maximum atomic E-state index is 13.0. The topological polar surface area (TPSA) is 74.8 Å². The van der Waals surface area contributed by atoms with E-state index in [1.54, 1.807) is 0 Å². The highest BCUT2D eigenvalue weighted by atomic mass is 32.2. The van der Waals surface area contributed by atoms with Crippen LogP contribution in [0, 0.1) is 31.3 Å². The number of nitrogens with one attached hydrogen (secondary N) is 2. The molecule has 1 heterocycles. The lowest BCUT2D eigenvalue weighted by Gasteiger charge is -2.09. The zero-order valence-electron chi connectivity index (χ0n) is 10.5. The molecular formula is C11H10F3N3O2S. The van der Waals surface area contributed by atoms with Gasteiger partial charge in [-0.1, -0.05) is 0 Å². The molecule has 0 aliphatic heterocycles. The summed E-state index contributed by atoms with van der Waals surface area (Å²) in [7, 11) is -4.08. The summed E-state index contributed by atoms with van der Waals surface area (Å²) in [5.74, 6) is -4.63. The molecule has 0 amide bonds. The van der Waals surface area contributed by atoms with Crippen molar-refractivity contribution in [1.82, 2.24) is 10.2 Å². The van der Waals surface area contributed by atoms with Gasteiger partial charge in [0.2, 0.25) is 0 Å². The van der Waals surface area contributed by atoms with Gasteiger partial charge >= 0.3 is 0 Å². The predicted molar refractivity (Wildman–Crippen MR) is 65.2 cm³/mol. The minimum absolute atomic E-state index is 0.123. The second kappa shape index (κ2) is 4.82. The van der Waals surface area contributed by atoms with Crippen molar-refractivity contribution in [3.05, 3.63) is 41.0 Å². The maximum Gasteiger partial charge on any atom is 0.265 e. The molecule has 9 heteroatoms. The number of aryl methyl sites for hydroxylation is 2. The molecule has 0 aliphatic rings. The van der Waals surface area contributed by atoms with Gasteiger partial charge in [-0.3, -0.25) is 9.82 Å². The van der Waals surface area contributed by atoms with E-state index in [4.69, 9.17) is 0 Å². The number of aromatic amines is 1. The van der Waals surface area contributed by atoms with Crippen LogP contribution in [0.2, 0.25) is 0 Å². The molecule has 0 unspecified atom stereocenters. The average molecular weight is 305 g/mol. The van der Waals surface area contributed by atoms with Crippen molar-refractivity contribution in [2.75, 3.05) is 4.72 Å². The summed E-state index contributed by atoms with van der Waals surface area (Å²) in [6, 6.07) is 1.11. The molecule has 0 saturated carbocycles. The van der Waals surface area contributed by atoms with Crippen LogP contribution in [0.1, 0.15) is 11.4 Å². The third-order valence-electron chi connectivity index (χ3n) is 2.57. The molecule has 0 atom stereocenters. The Balaban J connectivity index is 2.44. The lowest BCUT2D eigenvalue weighted by atomic mass is 10.3. The molecule has 0 fully saturated rings. The summed E-state index contributed by atoms with van der Waals surface area (Å²) < 4.78 is 65.1. The van der Waals surface area contributed by atoms with Crippen molar-refractivity contribution >= 4 is 15.7 Å². The first kappa shape index (κ1) is 14.4. The van der Waals surface area contributed by atoms with Crippen molar-refractivity contribution in [2.45, 2.75) is 18.7 Å². The molecule has 2 aromatic rings. The Morgan fingerprint density at radius 2 is 1.70 bits per heavy atom. The average Bonchev–Trinajstić information content (AvgIpc) is 2.66.